The molecule has 0 bridgehead atoms. The summed E-state index contributed by atoms with van der Waals surface area (Å²) < 4.78 is 50.9. The smallest absolute Gasteiger partial charge is 0.294 e. The molecule has 1 aliphatic rings. The Balaban J connectivity index is 2.07. The Morgan fingerprint density at radius 2 is 1.80 bits per heavy atom. The van der Waals surface area contributed by atoms with Gasteiger partial charge in [-0.25, -0.2) is 4.39 Å². The van der Waals surface area contributed by atoms with Crippen LogP contribution in [0.15, 0.2) is 18.2 Å². The fourth-order valence-corrected chi connectivity index (χ4v) is 2.69. The van der Waals surface area contributed by atoms with Crippen LogP contribution in [-0.2, 0) is 6.18 Å². The van der Waals surface area contributed by atoms with Gasteiger partial charge in [0.25, 0.3) is 0 Å². The lowest BCUT2D eigenvalue weighted by Gasteiger charge is -2.10. The van der Waals surface area contributed by atoms with Crippen LogP contribution in [0.1, 0.15) is 54.4 Å². The van der Waals surface area contributed by atoms with Crippen molar-refractivity contribution < 1.29 is 22.4 Å². The second-order valence-electron chi connectivity index (χ2n) is 5.34. The SMILES string of the molecule is O=C(CCC1CCCC1)c1cc(F)cc(C(F)(F)F)c1. The van der Waals surface area contributed by atoms with Crippen LogP contribution in [-0.4, -0.2) is 5.78 Å². The number of ketones is 1. The van der Waals surface area contributed by atoms with Gasteiger partial charge in [-0.15, -0.1) is 0 Å². The Bertz CT molecular complexity index is 487. The van der Waals surface area contributed by atoms with E-state index in [1.165, 1.54) is 0 Å². The Kier molecular flexibility index (Phi) is 4.45. The van der Waals surface area contributed by atoms with Gasteiger partial charge in [-0.2, -0.15) is 13.2 Å². The maximum atomic E-state index is 13.2. The summed E-state index contributed by atoms with van der Waals surface area (Å²) in [5.74, 6) is -0.958. The van der Waals surface area contributed by atoms with E-state index in [0.29, 0.717) is 18.4 Å². The van der Waals surface area contributed by atoms with Crippen LogP contribution < -0.4 is 0 Å². The first-order valence-electron chi connectivity index (χ1n) is 6.77. The molecular weight excluding hydrogens is 272 g/mol. The summed E-state index contributed by atoms with van der Waals surface area (Å²) in [4.78, 5) is 11.9. The van der Waals surface area contributed by atoms with Crippen molar-refractivity contribution in [3.05, 3.63) is 35.1 Å². The average molecular weight is 288 g/mol. The van der Waals surface area contributed by atoms with Crippen molar-refractivity contribution in [1.82, 2.24) is 0 Å². The number of hydrogen-bond donors (Lipinski definition) is 0. The molecule has 0 heterocycles. The summed E-state index contributed by atoms with van der Waals surface area (Å²) in [7, 11) is 0. The monoisotopic (exact) mass is 288 g/mol. The van der Waals surface area contributed by atoms with E-state index in [1.807, 2.05) is 0 Å². The van der Waals surface area contributed by atoms with Gasteiger partial charge in [0.1, 0.15) is 5.82 Å². The number of Topliss-reactive ketones (excluding diaryl/α,β-unsaturated/α-hetero) is 1. The standard InChI is InChI=1S/C15H16F4O/c16-13-8-11(7-12(9-13)15(17,18)19)14(20)6-5-10-3-1-2-4-10/h7-10H,1-6H2. The molecule has 1 aliphatic carbocycles. The minimum Gasteiger partial charge on any atom is -0.294 e. The van der Waals surface area contributed by atoms with Crippen LogP contribution in [0.4, 0.5) is 17.6 Å². The molecule has 20 heavy (non-hydrogen) atoms. The summed E-state index contributed by atoms with van der Waals surface area (Å²) in [6, 6.07) is 2.03. The lowest BCUT2D eigenvalue weighted by molar-refractivity contribution is -0.137. The van der Waals surface area contributed by atoms with E-state index in [4.69, 9.17) is 0 Å². The maximum absolute atomic E-state index is 13.2. The number of benzene rings is 1. The van der Waals surface area contributed by atoms with Crippen molar-refractivity contribution in [1.29, 1.82) is 0 Å². The summed E-state index contributed by atoms with van der Waals surface area (Å²) in [5.41, 5.74) is -1.29. The van der Waals surface area contributed by atoms with Crippen molar-refractivity contribution in [2.24, 2.45) is 5.92 Å². The van der Waals surface area contributed by atoms with Crippen molar-refractivity contribution in [2.75, 3.05) is 0 Å². The van der Waals surface area contributed by atoms with Gasteiger partial charge < -0.3 is 0 Å². The Morgan fingerprint density at radius 3 is 2.40 bits per heavy atom. The minimum absolute atomic E-state index is 0.185. The van der Waals surface area contributed by atoms with Crippen LogP contribution in [0.3, 0.4) is 0 Å². The Morgan fingerprint density at radius 1 is 1.15 bits per heavy atom. The molecule has 110 valence electrons. The summed E-state index contributed by atoms with van der Waals surface area (Å²) in [6.07, 6.45) is 0.674. The predicted molar refractivity (Wildman–Crippen MR) is 66.9 cm³/mol. The highest BCUT2D eigenvalue weighted by atomic mass is 19.4. The molecule has 1 fully saturated rings. The number of carbonyl (C=O) groups excluding carboxylic acids is 1. The molecule has 1 nitrogen and oxygen atoms in total. The zero-order valence-electron chi connectivity index (χ0n) is 11.0. The van der Waals surface area contributed by atoms with E-state index in [2.05, 4.69) is 0 Å². The number of alkyl halides is 3. The van der Waals surface area contributed by atoms with E-state index in [1.54, 1.807) is 0 Å². The van der Waals surface area contributed by atoms with Crippen molar-refractivity contribution >= 4 is 5.78 Å². The summed E-state index contributed by atoms with van der Waals surface area (Å²) in [6.45, 7) is 0. The second-order valence-corrected chi connectivity index (χ2v) is 5.34. The molecule has 0 aliphatic heterocycles. The molecule has 5 heteroatoms. The van der Waals surface area contributed by atoms with E-state index >= 15 is 0 Å². The summed E-state index contributed by atoms with van der Waals surface area (Å²) >= 11 is 0. The zero-order chi connectivity index (χ0) is 14.8. The molecular formula is C15H16F4O. The third-order valence-corrected chi connectivity index (χ3v) is 3.80. The van der Waals surface area contributed by atoms with Crippen LogP contribution in [0, 0.1) is 11.7 Å². The van der Waals surface area contributed by atoms with Gasteiger partial charge in [-0.3, -0.25) is 4.79 Å². The third kappa shape index (κ3) is 3.81. The van der Waals surface area contributed by atoms with Gasteiger partial charge in [0.05, 0.1) is 5.56 Å². The van der Waals surface area contributed by atoms with E-state index in [-0.39, 0.29) is 12.0 Å². The Hall–Kier alpha value is -1.39. The van der Waals surface area contributed by atoms with Gasteiger partial charge in [-0.1, -0.05) is 25.7 Å². The lowest BCUT2D eigenvalue weighted by Crippen LogP contribution is -2.09. The third-order valence-electron chi connectivity index (χ3n) is 3.80. The molecule has 0 spiro atoms. The highest BCUT2D eigenvalue weighted by Crippen LogP contribution is 2.32. The molecule has 0 aromatic heterocycles. The fraction of sp³-hybridized carbons (Fsp3) is 0.533. The van der Waals surface area contributed by atoms with E-state index < -0.39 is 23.3 Å². The molecule has 0 unspecified atom stereocenters. The van der Waals surface area contributed by atoms with Crippen molar-refractivity contribution in [3.8, 4) is 0 Å². The van der Waals surface area contributed by atoms with Crippen LogP contribution in [0.2, 0.25) is 0 Å². The fourth-order valence-electron chi connectivity index (χ4n) is 2.69. The maximum Gasteiger partial charge on any atom is 0.416 e. The van der Waals surface area contributed by atoms with Gasteiger partial charge in [0.15, 0.2) is 5.78 Å². The molecule has 0 amide bonds. The molecule has 0 N–H and O–H groups in total. The quantitative estimate of drug-likeness (QED) is 0.563. The van der Waals surface area contributed by atoms with Gasteiger partial charge in [0, 0.05) is 12.0 Å². The largest absolute Gasteiger partial charge is 0.416 e. The average Bonchev–Trinajstić information content (AvgIpc) is 2.87. The summed E-state index contributed by atoms with van der Waals surface area (Å²) in [5, 5.41) is 0. The molecule has 0 radical (unpaired) electrons. The van der Waals surface area contributed by atoms with Crippen LogP contribution >= 0.6 is 0 Å². The molecule has 0 atom stereocenters. The Labute approximate surface area is 115 Å². The van der Waals surface area contributed by atoms with Gasteiger partial charge >= 0.3 is 6.18 Å². The molecule has 0 saturated heterocycles. The lowest BCUT2D eigenvalue weighted by atomic mass is 9.96. The molecule has 1 saturated carbocycles. The number of halogens is 4. The number of hydrogen-bond acceptors (Lipinski definition) is 1. The van der Waals surface area contributed by atoms with Crippen molar-refractivity contribution in [3.63, 3.8) is 0 Å². The van der Waals surface area contributed by atoms with E-state index in [0.717, 1.165) is 37.8 Å². The van der Waals surface area contributed by atoms with Gasteiger partial charge in [0.2, 0.25) is 0 Å². The second kappa shape index (κ2) is 5.94. The van der Waals surface area contributed by atoms with Crippen LogP contribution in [0.25, 0.3) is 0 Å². The number of carbonyl (C=O) groups is 1. The van der Waals surface area contributed by atoms with Crippen molar-refractivity contribution in [2.45, 2.75) is 44.7 Å². The number of rotatable bonds is 4. The van der Waals surface area contributed by atoms with Crippen LogP contribution in [0.5, 0.6) is 0 Å². The first kappa shape index (κ1) is 15.0. The predicted octanol–water partition coefficient (Wildman–Crippen LogP) is 5.00. The van der Waals surface area contributed by atoms with E-state index in [9.17, 15) is 22.4 Å². The molecule has 2 rings (SSSR count). The normalized spacial score (nSPS) is 16.6. The first-order chi connectivity index (χ1) is 9.36. The molecule has 1 aromatic carbocycles. The van der Waals surface area contributed by atoms with Gasteiger partial charge in [-0.05, 0) is 30.5 Å². The zero-order valence-corrected chi connectivity index (χ0v) is 11.0. The first-order valence-corrected chi connectivity index (χ1v) is 6.77. The highest BCUT2D eigenvalue weighted by molar-refractivity contribution is 5.96. The highest BCUT2D eigenvalue weighted by Gasteiger charge is 2.32. The topological polar surface area (TPSA) is 17.1 Å². The molecule has 1 aromatic rings. The minimum atomic E-state index is -4.64.